The summed E-state index contributed by atoms with van der Waals surface area (Å²) < 4.78 is 15.1. The lowest BCUT2D eigenvalue weighted by Gasteiger charge is -2.20. The highest BCUT2D eigenvalue weighted by molar-refractivity contribution is 5.86. The Balaban J connectivity index is 2.93. The molecule has 0 unspecified atom stereocenters. The molecule has 0 atom stereocenters. The Morgan fingerprint density at radius 2 is 1.95 bits per heavy atom. The van der Waals surface area contributed by atoms with E-state index in [1.54, 1.807) is 39.8 Å². The molecule has 1 N–H and O–H groups in total. The van der Waals surface area contributed by atoms with Gasteiger partial charge in [0.05, 0.1) is 20.1 Å². The molecule has 0 aliphatic carbocycles. The average Bonchev–Trinajstić information content (AvgIpc) is 2.38. The van der Waals surface area contributed by atoms with Gasteiger partial charge in [0.2, 0.25) is 5.88 Å². The van der Waals surface area contributed by atoms with E-state index < -0.39 is 17.7 Å². The van der Waals surface area contributed by atoms with Crippen LogP contribution in [0.25, 0.3) is 0 Å². The van der Waals surface area contributed by atoms with Crippen LogP contribution in [0.5, 0.6) is 5.88 Å². The zero-order valence-electron chi connectivity index (χ0n) is 13.6. The van der Waals surface area contributed by atoms with Gasteiger partial charge in [0.25, 0.3) is 0 Å². The molecule has 0 radical (unpaired) electrons. The minimum Gasteiger partial charge on any atom is -0.481 e. The molecule has 1 aromatic heterocycles. The van der Waals surface area contributed by atoms with E-state index in [1.165, 1.54) is 7.11 Å². The number of rotatable bonds is 5. The molecular formula is C15H22N2O5. The van der Waals surface area contributed by atoms with Crippen molar-refractivity contribution in [2.45, 2.75) is 39.7 Å². The number of amides is 1. The molecule has 0 spiro atoms. The molecule has 1 aromatic rings. The molecule has 0 aromatic carbocycles. The Kier molecular flexibility index (Phi) is 6.15. The third-order valence-electron chi connectivity index (χ3n) is 2.42. The van der Waals surface area contributed by atoms with Gasteiger partial charge in [0, 0.05) is 11.6 Å². The second kappa shape index (κ2) is 7.63. The van der Waals surface area contributed by atoms with Crippen molar-refractivity contribution >= 4 is 17.9 Å². The van der Waals surface area contributed by atoms with Crippen molar-refractivity contribution in [2.75, 3.05) is 19.0 Å². The summed E-state index contributed by atoms with van der Waals surface area (Å²) in [5.41, 5.74) is -0.116. The Morgan fingerprint density at radius 1 is 1.27 bits per heavy atom. The molecule has 7 nitrogen and oxygen atoms in total. The molecule has 1 heterocycles. The van der Waals surface area contributed by atoms with Gasteiger partial charge in [-0.1, -0.05) is 0 Å². The molecule has 1 rings (SSSR count). The van der Waals surface area contributed by atoms with Crippen molar-refractivity contribution in [3.8, 4) is 5.88 Å². The van der Waals surface area contributed by atoms with Crippen LogP contribution in [0.1, 0.15) is 33.3 Å². The molecular weight excluding hydrogens is 288 g/mol. The molecule has 22 heavy (non-hydrogen) atoms. The largest absolute Gasteiger partial charge is 0.481 e. The molecule has 0 saturated carbocycles. The van der Waals surface area contributed by atoms with Gasteiger partial charge in [-0.2, -0.15) is 4.98 Å². The molecule has 0 aliphatic heterocycles. The molecule has 1 amide bonds. The van der Waals surface area contributed by atoms with Crippen molar-refractivity contribution in [1.82, 2.24) is 4.98 Å². The maximum Gasteiger partial charge on any atom is 0.413 e. The molecule has 0 bridgehead atoms. The van der Waals surface area contributed by atoms with Crippen LogP contribution in [0.3, 0.4) is 0 Å². The minimum atomic E-state index is -0.654. The summed E-state index contributed by atoms with van der Waals surface area (Å²) in [5, 5.41) is 2.53. The Hall–Kier alpha value is -2.31. The number of ether oxygens (including phenoxy) is 3. The Labute approximate surface area is 130 Å². The number of carbonyl (C=O) groups excluding carboxylic acids is 2. The zero-order valence-corrected chi connectivity index (χ0v) is 13.6. The fourth-order valence-electron chi connectivity index (χ4n) is 1.60. The molecule has 7 heteroatoms. The lowest BCUT2D eigenvalue weighted by Crippen LogP contribution is -2.28. The summed E-state index contributed by atoms with van der Waals surface area (Å²) in [6, 6.07) is 3.25. The number of carbonyl (C=O) groups is 2. The normalized spacial score (nSPS) is 10.8. The Morgan fingerprint density at radius 3 is 2.50 bits per heavy atom. The van der Waals surface area contributed by atoms with Crippen LogP contribution in [-0.2, 0) is 20.7 Å². The molecule has 0 fully saturated rings. The van der Waals surface area contributed by atoms with Crippen LogP contribution >= 0.6 is 0 Å². The first kappa shape index (κ1) is 17.7. The second-order valence-electron chi connectivity index (χ2n) is 5.47. The second-order valence-corrected chi connectivity index (χ2v) is 5.47. The first-order valence-corrected chi connectivity index (χ1v) is 6.94. The SMILES string of the molecule is CCOC(=O)Cc1ccc(OC)nc1NC(=O)OC(C)(C)C. The summed E-state index contributed by atoms with van der Waals surface area (Å²) in [6.07, 6.45) is -0.658. The van der Waals surface area contributed by atoms with E-state index >= 15 is 0 Å². The number of hydrogen-bond donors (Lipinski definition) is 1. The number of esters is 1. The van der Waals surface area contributed by atoms with E-state index in [0.29, 0.717) is 11.4 Å². The number of nitrogens with zero attached hydrogens (tertiary/aromatic N) is 1. The van der Waals surface area contributed by atoms with Gasteiger partial charge in [-0.05, 0) is 33.8 Å². The number of pyridine rings is 1. The van der Waals surface area contributed by atoms with Gasteiger partial charge in [0.1, 0.15) is 11.4 Å². The fraction of sp³-hybridized carbons (Fsp3) is 0.533. The fourth-order valence-corrected chi connectivity index (χ4v) is 1.60. The highest BCUT2D eigenvalue weighted by atomic mass is 16.6. The van der Waals surface area contributed by atoms with Crippen molar-refractivity contribution in [1.29, 1.82) is 0 Å². The van der Waals surface area contributed by atoms with E-state index in [-0.39, 0.29) is 18.8 Å². The summed E-state index contributed by atoms with van der Waals surface area (Å²) in [7, 11) is 1.46. The van der Waals surface area contributed by atoms with E-state index in [1.807, 2.05) is 0 Å². The minimum absolute atomic E-state index is 0.00400. The monoisotopic (exact) mass is 310 g/mol. The van der Waals surface area contributed by atoms with E-state index in [2.05, 4.69) is 10.3 Å². The maximum atomic E-state index is 11.9. The lowest BCUT2D eigenvalue weighted by molar-refractivity contribution is -0.142. The number of nitrogens with one attached hydrogen (secondary N) is 1. The predicted molar refractivity (Wildman–Crippen MR) is 81.0 cm³/mol. The number of aromatic nitrogens is 1. The van der Waals surface area contributed by atoms with Gasteiger partial charge >= 0.3 is 12.1 Å². The van der Waals surface area contributed by atoms with Crippen LogP contribution in [0.15, 0.2) is 12.1 Å². The molecule has 122 valence electrons. The van der Waals surface area contributed by atoms with E-state index in [4.69, 9.17) is 14.2 Å². The molecule has 0 aliphatic rings. The molecule has 0 saturated heterocycles. The predicted octanol–water partition coefficient (Wildman–Crippen LogP) is 2.54. The van der Waals surface area contributed by atoms with Crippen LogP contribution in [0.4, 0.5) is 10.6 Å². The van der Waals surface area contributed by atoms with Gasteiger partial charge in [-0.3, -0.25) is 10.1 Å². The first-order chi connectivity index (χ1) is 10.2. The van der Waals surface area contributed by atoms with Crippen LogP contribution in [0.2, 0.25) is 0 Å². The highest BCUT2D eigenvalue weighted by Crippen LogP contribution is 2.20. The van der Waals surface area contributed by atoms with Crippen molar-refractivity contribution in [3.63, 3.8) is 0 Å². The summed E-state index contributed by atoms with van der Waals surface area (Å²) in [4.78, 5) is 27.6. The zero-order chi connectivity index (χ0) is 16.8. The quantitative estimate of drug-likeness (QED) is 0.841. The third-order valence-corrected chi connectivity index (χ3v) is 2.42. The third kappa shape index (κ3) is 5.99. The topological polar surface area (TPSA) is 86.8 Å². The van der Waals surface area contributed by atoms with Crippen LogP contribution < -0.4 is 10.1 Å². The number of methoxy groups -OCH3 is 1. The van der Waals surface area contributed by atoms with Crippen molar-refractivity contribution < 1.29 is 23.8 Å². The number of hydrogen-bond acceptors (Lipinski definition) is 6. The van der Waals surface area contributed by atoms with Crippen LogP contribution in [0, 0.1) is 0 Å². The number of anilines is 1. The summed E-state index contributed by atoms with van der Waals surface area (Å²) in [6.45, 7) is 7.28. The lowest BCUT2D eigenvalue weighted by atomic mass is 10.2. The standard InChI is InChI=1S/C15H22N2O5/c1-6-21-12(18)9-10-7-8-11(20-5)16-13(10)17-14(19)22-15(2,3)4/h7-8H,6,9H2,1-5H3,(H,16,17,19). The summed E-state index contributed by atoms with van der Waals surface area (Å²) >= 11 is 0. The van der Waals surface area contributed by atoms with Crippen LogP contribution in [-0.4, -0.2) is 36.4 Å². The van der Waals surface area contributed by atoms with E-state index in [9.17, 15) is 9.59 Å². The summed E-state index contributed by atoms with van der Waals surface area (Å²) in [5.74, 6) is 0.127. The first-order valence-electron chi connectivity index (χ1n) is 6.94. The van der Waals surface area contributed by atoms with E-state index in [0.717, 1.165) is 0 Å². The highest BCUT2D eigenvalue weighted by Gasteiger charge is 2.19. The Bertz CT molecular complexity index is 537. The van der Waals surface area contributed by atoms with Crippen molar-refractivity contribution in [3.05, 3.63) is 17.7 Å². The maximum absolute atomic E-state index is 11.9. The van der Waals surface area contributed by atoms with Gasteiger partial charge < -0.3 is 14.2 Å². The van der Waals surface area contributed by atoms with Gasteiger partial charge in [-0.25, -0.2) is 4.79 Å². The van der Waals surface area contributed by atoms with Crippen molar-refractivity contribution in [2.24, 2.45) is 0 Å². The smallest absolute Gasteiger partial charge is 0.413 e. The van der Waals surface area contributed by atoms with Gasteiger partial charge in [0.15, 0.2) is 0 Å². The average molecular weight is 310 g/mol. The van der Waals surface area contributed by atoms with Gasteiger partial charge in [-0.15, -0.1) is 0 Å².